The summed E-state index contributed by atoms with van der Waals surface area (Å²) in [5.74, 6) is -0.209. The number of nitrogens with zero attached hydrogens (tertiary/aromatic N) is 1. The number of amides is 2. The third-order valence-electron chi connectivity index (χ3n) is 4.08. The van der Waals surface area contributed by atoms with E-state index in [-0.39, 0.29) is 25.2 Å². The number of alkyl carbamates (subject to hydrolysis) is 1. The molecule has 162 valence electrons. The van der Waals surface area contributed by atoms with Gasteiger partial charge in [-0.3, -0.25) is 0 Å². The Morgan fingerprint density at radius 3 is 2.32 bits per heavy atom. The molecule has 0 saturated carbocycles. The zero-order chi connectivity index (χ0) is 21.6. The van der Waals surface area contributed by atoms with Crippen LogP contribution in [-0.4, -0.2) is 62.5 Å². The van der Waals surface area contributed by atoms with E-state index >= 15 is 0 Å². The fraction of sp³-hybridized carbons (Fsp3) is 0.750. The molecule has 1 atom stereocenters. The first-order chi connectivity index (χ1) is 13.1. The van der Waals surface area contributed by atoms with Crippen molar-refractivity contribution in [2.75, 3.05) is 39.5 Å². The molecule has 0 aliphatic rings. The molecule has 28 heavy (non-hydrogen) atoms. The van der Waals surface area contributed by atoms with Crippen LogP contribution < -0.4 is 5.32 Å². The molecule has 0 heterocycles. The number of carbonyl (C=O) groups excluding carboxylic acids is 3. The number of carbonyl (C=O) groups is 3. The van der Waals surface area contributed by atoms with Gasteiger partial charge in [0.2, 0.25) is 0 Å². The normalized spacial score (nSPS) is 11.9. The van der Waals surface area contributed by atoms with Crippen LogP contribution in [0.4, 0.5) is 9.59 Å². The van der Waals surface area contributed by atoms with Crippen LogP contribution in [0.5, 0.6) is 0 Å². The highest BCUT2D eigenvalue weighted by molar-refractivity contribution is 5.81. The van der Waals surface area contributed by atoms with Gasteiger partial charge in [-0.15, -0.1) is 0 Å². The largest absolute Gasteiger partial charge is 0.461 e. The molecule has 0 aromatic carbocycles. The van der Waals surface area contributed by atoms with Crippen molar-refractivity contribution in [3.8, 4) is 0 Å². The standard InChI is InChI=1S/C20H36N2O6/c1-7-17(23)28-13-12-22(19(25)27-9-3)11-10-16(4)14-20(5,6)15-21-18(24)26-8-2/h7,16H,1,8-15H2,2-6H3,(H,21,24). The van der Waals surface area contributed by atoms with Crippen molar-refractivity contribution in [3.05, 3.63) is 12.7 Å². The number of ether oxygens (including phenoxy) is 3. The molecular formula is C20H36N2O6. The minimum absolute atomic E-state index is 0.0903. The van der Waals surface area contributed by atoms with Crippen molar-refractivity contribution in [1.29, 1.82) is 0 Å². The Morgan fingerprint density at radius 1 is 1.11 bits per heavy atom. The topological polar surface area (TPSA) is 94.2 Å². The number of hydrogen-bond acceptors (Lipinski definition) is 6. The SMILES string of the molecule is C=CC(=O)OCCN(CCC(C)CC(C)(C)CNC(=O)OCC)C(=O)OCC. The van der Waals surface area contributed by atoms with Gasteiger partial charge >= 0.3 is 18.2 Å². The first kappa shape index (κ1) is 25.8. The summed E-state index contributed by atoms with van der Waals surface area (Å²) < 4.78 is 14.9. The summed E-state index contributed by atoms with van der Waals surface area (Å²) >= 11 is 0. The second-order valence-electron chi connectivity index (χ2n) is 7.39. The van der Waals surface area contributed by atoms with Crippen LogP contribution >= 0.6 is 0 Å². The number of hydrogen-bond donors (Lipinski definition) is 1. The third-order valence-corrected chi connectivity index (χ3v) is 4.08. The molecule has 8 heteroatoms. The Balaban J connectivity index is 4.51. The smallest absolute Gasteiger partial charge is 0.409 e. The van der Waals surface area contributed by atoms with E-state index in [2.05, 4.69) is 32.7 Å². The first-order valence-electron chi connectivity index (χ1n) is 9.76. The zero-order valence-corrected chi connectivity index (χ0v) is 17.9. The van der Waals surface area contributed by atoms with E-state index in [1.54, 1.807) is 18.7 Å². The molecular weight excluding hydrogens is 364 g/mol. The Bertz CT molecular complexity index is 507. The highest BCUT2D eigenvalue weighted by Crippen LogP contribution is 2.26. The molecule has 0 aliphatic heterocycles. The van der Waals surface area contributed by atoms with E-state index in [1.807, 2.05) is 0 Å². The molecule has 1 unspecified atom stereocenters. The fourth-order valence-electron chi connectivity index (χ4n) is 2.81. The van der Waals surface area contributed by atoms with Crippen molar-refractivity contribution in [3.63, 3.8) is 0 Å². The second-order valence-corrected chi connectivity index (χ2v) is 7.39. The van der Waals surface area contributed by atoms with Crippen LogP contribution in [0.15, 0.2) is 12.7 Å². The lowest BCUT2D eigenvalue weighted by Gasteiger charge is -2.29. The average molecular weight is 401 g/mol. The van der Waals surface area contributed by atoms with E-state index in [4.69, 9.17) is 14.2 Å². The van der Waals surface area contributed by atoms with Gasteiger partial charge in [0.05, 0.1) is 19.8 Å². The van der Waals surface area contributed by atoms with Crippen LogP contribution in [-0.2, 0) is 19.0 Å². The Labute approximate surface area is 168 Å². The van der Waals surface area contributed by atoms with Crippen molar-refractivity contribution in [1.82, 2.24) is 10.2 Å². The minimum atomic E-state index is -0.520. The Kier molecular flexibility index (Phi) is 12.7. The molecule has 8 nitrogen and oxygen atoms in total. The van der Waals surface area contributed by atoms with Gasteiger partial charge in [0.1, 0.15) is 6.61 Å². The molecule has 0 fully saturated rings. The summed E-state index contributed by atoms with van der Waals surface area (Å²) in [7, 11) is 0. The molecule has 0 aromatic rings. The van der Waals surface area contributed by atoms with Crippen LogP contribution in [0.2, 0.25) is 0 Å². The molecule has 0 rings (SSSR count). The van der Waals surface area contributed by atoms with E-state index in [9.17, 15) is 14.4 Å². The molecule has 0 aromatic heterocycles. The number of nitrogens with one attached hydrogen (secondary N) is 1. The van der Waals surface area contributed by atoms with Gasteiger partial charge in [0.25, 0.3) is 0 Å². The summed E-state index contributed by atoms with van der Waals surface area (Å²) in [5.41, 5.74) is -0.111. The van der Waals surface area contributed by atoms with Gasteiger partial charge in [-0.25, -0.2) is 14.4 Å². The van der Waals surface area contributed by atoms with E-state index < -0.39 is 18.2 Å². The lowest BCUT2D eigenvalue weighted by Crippen LogP contribution is -2.37. The molecule has 0 saturated heterocycles. The van der Waals surface area contributed by atoms with Crippen LogP contribution in [0.25, 0.3) is 0 Å². The van der Waals surface area contributed by atoms with E-state index in [1.165, 1.54) is 0 Å². The average Bonchev–Trinajstić information content (AvgIpc) is 2.62. The maximum absolute atomic E-state index is 12.1. The Hall–Kier alpha value is -2.25. The van der Waals surface area contributed by atoms with Crippen LogP contribution in [0.3, 0.4) is 0 Å². The van der Waals surface area contributed by atoms with Crippen LogP contribution in [0, 0.1) is 11.3 Å². The van der Waals surface area contributed by atoms with E-state index in [0.717, 1.165) is 18.9 Å². The molecule has 0 radical (unpaired) electrons. The summed E-state index contributed by atoms with van der Waals surface area (Å²) in [6.07, 6.45) is 1.88. The minimum Gasteiger partial charge on any atom is -0.461 e. The van der Waals surface area contributed by atoms with Crippen molar-refractivity contribution in [2.45, 2.75) is 47.5 Å². The predicted octanol–water partition coefficient (Wildman–Crippen LogP) is 3.36. The van der Waals surface area contributed by atoms with Gasteiger partial charge in [0.15, 0.2) is 0 Å². The zero-order valence-electron chi connectivity index (χ0n) is 17.9. The lowest BCUT2D eigenvalue weighted by atomic mass is 9.82. The van der Waals surface area contributed by atoms with Gasteiger partial charge < -0.3 is 24.4 Å². The molecule has 0 bridgehead atoms. The van der Waals surface area contributed by atoms with E-state index in [0.29, 0.717) is 25.6 Å². The predicted molar refractivity (Wildman–Crippen MR) is 107 cm³/mol. The van der Waals surface area contributed by atoms with Crippen molar-refractivity contribution in [2.24, 2.45) is 11.3 Å². The summed E-state index contributed by atoms with van der Waals surface area (Å²) in [6.45, 7) is 15.1. The highest BCUT2D eigenvalue weighted by atomic mass is 16.6. The maximum Gasteiger partial charge on any atom is 0.409 e. The van der Waals surface area contributed by atoms with Gasteiger partial charge in [0, 0.05) is 19.2 Å². The summed E-state index contributed by atoms with van der Waals surface area (Å²) in [6, 6.07) is 0. The third kappa shape index (κ3) is 12.2. The summed E-state index contributed by atoms with van der Waals surface area (Å²) in [5, 5.41) is 2.77. The van der Waals surface area contributed by atoms with Crippen LogP contribution in [0.1, 0.15) is 47.5 Å². The molecule has 1 N–H and O–H groups in total. The van der Waals surface area contributed by atoms with Crippen molar-refractivity contribution >= 4 is 18.2 Å². The number of rotatable bonds is 13. The van der Waals surface area contributed by atoms with Gasteiger partial charge in [-0.05, 0) is 38.0 Å². The van der Waals surface area contributed by atoms with Crippen molar-refractivity contribution < 1.29 is 28.6 Å². The second kappa shape index (κ2) is 13.8. The first-order valence-corrected chi connectivity index (χ1v) is 9.76. The molecule has 2 amide bonds. The molecule has 0 aliphatic carbocycles. The number of esters is 1. The fourth-order valence-corrected chi connectivity index (χ4v) is 2.81. The Morgan fingerprint density at radius 2 is 1.75 bits per heavy atom. The van der Waals surface area contributed by atoms with Gasteiger partial charge in [-0.1, -0.05) is 27.4 Å². The monoisotopic (exact) mass is 400 g/mol. The van der Waals surface area contributed by atoms with Gasteiger partial charge in [-0.2, -0.15) is 0 Å². The highest BCUT2D eigenvalue weighted by Gasteiger charge is 2.23. The quantitative estimate of drug-likeness (QED) is 0.289. The maximum atomic E-state index is 12.1. The summed E-state index contributed by atoms with van der Waals surface area (Å²) in [4.78, 5) is 36.3. The molecule has 0 spiro atoms. The lowest BCUT2D eigenvalue weighted by molar-refractivity contribution is -0.138.